The van der Waals surface area contributed by atoms with Crippen LogP contribution in [-0.2, 0) is 19.1 Å². The summed E-state index contributed by atoms with van der Waals surface area (Å²) in [5.41, 5.74) is 0. The zero-order chi connectivity index (χ0) is 16.1. The van der Waals surface area contributed by atoms with Crippen LogP contribution in [0.15, 0.2) is 0 Å². The van der Waals surface area contributed by atoms with Crippen LogP contribution in [-0.4, -0.2) is 24.6 Å². The lowest BCUT2D eigenvalue weighted by Crippen LogP contribution is -2.20. The van der Waals surface area contributed by atoms with E-state index < -0.39 is 0 Å². The minimum Gasteiger partial charge on any atom is -0.466 e. The average Bonchev–Trinajstić information content (AvgIpc) is 2.44. The van der Waals surface area contributed by atoms with E-state index in [2.05, 4.69) is 6.92 Å². The quantitative estimate of drug-likeness (QED) is 0.399. The van der Waals surface area contributed by atoms with Gasteiger partial charge in [-0.2, -0.15) is 0 Å². The molecular weight excluding hydrogens is 268 g/mol. The van der Waals surface area contributed by atoms with Crippen LogP contribution < -0.4 is 0 Å². The first kappa shape index (κ1) is 19.9. The van der Waals surface area contributed by atoms with Gasteiger partial charge in [0, 0.05) is 0 Å². The third-order valence-corrected chi connectivity index (χ3v) is 3.55. The Hall–Kier alpha value is -1.06. The van der Waals surface area contributed by atoms with Gasteiger partial charge in [-0.3, -0.25) is 9.59 Å². The molecular formula is C17H32O4. The normalized spacial score (nSPS) is 12.2. The van der Waals surface area contributed by atoms with E-state index in [9.17, 15) is 9.59 Å². The second-order valence-corrected chi connectivity index (χ2v) is 5.93. The van der Waals surface area contributed by atoms with Gasteiger partial charge in [-0.15, -0.1) is 0 Å². The first-order chi connectivity index (χ1) is 9.97. The molecule has 4 heteroatoms. The van der Waals surface area contributed by atoms with Crippen molar-refractivity contribution in [3.8, 4) is 0 Å². The van der Waals surface area contributed by atoms with E-state index in [1.54, 1.807) is 0 Å². The fourth-order valence-electron chi connectivity index (χ4n) is 1.75. The number of carbonyl (C=O) groups is 2. The average molecular weight is 300 g/mol. The Balaban J connectivity index is 3.51. The Kier molecular flexibility index (Phi) is 12.0. The zero-order valence-corrected chi connectivity index (χ0v) is 14.2. The van der Waals surface area contributed by atoms with Gasteiger partial charge in [-0.25, -0.2) is 0 Å². The standard InChI is InChI=1S/C17H32O4/c1-5-6-7-8-9-10-13-20-16(18)11-12-17(19)21-15(4)14(2)3/h14-15H,5-13H2,1-4H3. The summed E-state index contributed by atoms with van der Waals surface area (Å²) in [6.45, 7) is 8.50. The summed E-state index contributed by atoms with van der Waals surface area (Å²) in [5, 5.41) is 0. The van der Waals surface area contributed by atoms with Crippen molar-refractivity contribution in [3.05, 3.63) is 0 Å². The molecule has 4 nitrogen and oxygen atoms in total. The lowest BCUT2D eigenvalue weighted by molar-refractivity contribution is -0.154. The van der Waals surface area contributed by atoms with Crippen LogP contribution in [0.25, 0.3) is 0 Å². The van der Waals surface area contributed by atoms with Crippen LogP contribution in [0.5, 0.6) is 0 Å². The van der Waals surface area contributed by atoms with Crippen molar-refractivity contribution >= 4 is 11.9 Å². The van der Waals surface area contributed by atoms with Crippen molar-refractivity contribution in [3.63, 3.8) is 0 Å². The summed E-state index contributed by atoms with van der Waals surface area (Å²) in [4.78, 5) is 23.0. The summed E-state index contributed by atoms with van der Waals surface area (Å²) in [6.07, 6.45) is 7.07. The van der Waals surface area contributed by atoms with Crippen molar-refractivity contribution < 1.29 is 19.1 Å². The third-order valence-electron chi connectivity index (χ3n) is 3.55. The molecule has 21 heavy (non-hydrogen) atoms. The SMILES string of the molecule is CCCCCCCCOC(=O)CCC(=O)OC(C)C(C)C. The lowest BCUT2D eigenvalue weighted by Gasteiger charge is -2.16. The van der Waals surface area contributed by atoms with Gasteiger partial charge in [0.15, 0.2) is 0 Å². The molecule has 124 valence electrons. The van der Waals surface area contributed by atoms with E-state index in [0.717, 1.165) is 12.8 Å². The van der Waals surface area contributed by atoms with Crippen LogP contribution in [0.2, 0.25) is 0 Å². The molecule has 0 aromatic heterocycles. The molecule has 0 saturated heterocycles. The van der Waals surface area contributed by atoms with Gasteiger partial charge in [-0.1, -0.05) is 52.9 Å². The summed E-state index contributed by atoms with van der Waals surface area (Å²) < 4.78 is 10.3. The maximum absolute atomic E-state index is 11.5. The van der Waals surface area contributed by atoms with Crippen molar-refractivity contribution in [1.29, 1.82) is 0 Å². The number of esters is 2. The van der Waals surface area contributed by atoms with Crippen molar-refractivity contribution in [1.82, 2.24) is 0 Å². The molecule has 0 aliphatic heterocycles. The summed E-state index contributed by atoms with van der Waals surface area (Å²) >= 11 is 0. The molecule has 0 aromatic rings. The van der Waals surface area contributed by atoms with Crippen molar-refractivity contribution in [2.75, 3.05) is 6.61 Å². The van der Waals surface area contributed by atoms with E-state index in [1.807, 2.05) is 20.8 Å². The second-order valence-electron chi connectivity index (χ2n) is 5.93. The molecule has 0 aliphatic carbocycles. The van der Waals surface area contributed by atoms with Gasteiger partial charge >= 0.3 is 11.9 Å². The Bertz CT molecular complexity index is 287. The number of rotatable bonds is 12. The fraction of sp³-hybridized carbons (Fsp3) is 0.882. The smallest absolute Gasteiger partial charge is 0.306 e. The number of unbranched alkanes of at least 4 members (excludes halogenated alkanes) is 5. The molecule has 1 unspecified atom stereocenters. The molecule has 0 spiro atoms. The highest BCUT2D eigenvalue weighted by Gasteiger charge is 2.14. The Morgan fingerprint density at radius 2 is 1.43 bits per heavy atom. The van der Waals surface area contributed by atoms with Crippen LogP contribution >= 0.6 is 0 Å². The van der Waals surface area contributed by atoms with Crippen LogP contribution in [0.1, 0.15) is 79.1 Å². The number of carbonyl (C=O) groups excluding carboxylic acids is 2. The summed E-state index contributed by atoms with van der Waals surface area (Å²) in [6, 6.07) is 0. The maximum Gasteiger partial charge on any atom is 0.306 e. The maximum atomic E-state index is 11.5. The van der Waals surface area contributed by atoms with E-state index >= 15 is 0 Å². The highest BCUT2D eigenvalue weighted by atomic mass is 16.5. The van der Waals surface area contributed by atoms with Gasteiger partial charge in [-0.05, 0) is 19.3 Å². The summed E-state index contributed by atoms with van der Waals surface area (Å²) in [5.74, 6) is -0.348. The molecule has 0 amide bonds. The largest absolute Gasteiger partial charge is 0.466 e. The van der Waals surface area contributed by atoms with Crippen molar-refractivity contribution in [2.24, 2.45) is 5.92 Å². The lowest BCUT2D eigenvalue weighted by atomic mass is 10.1. The van der Waals surface area contributed by atoms with Gasteiger partial charge in [0.05, 0.1) is 19.4 Å². The van der Waals surface area contributed by atoms with Crippen LogP contribution in [0.3, 0.4) is 0 Å². The topological polar surface area (TPSA) is 52.6 Å². The highest BCUT2D eigenvalue weighted by molar-refractivity contribution is 5.77. The Labute approximate surface area is 129 Å². The molecule has 0 bridgehead atoms. The van der Waals surface area contributed by atoms with E-state index in [0.29, 0.717) is 6.61 Å². The molecule has 0 rings (SSSR count). The van der Waals surface area contributed by atoms with E-state index in [4.69, 9.17) is 9.47 Å². The predicted molar refractivity (Wildman–Crippen MR) is 84.0 cm³/mol. The molecule has 0 aromatic carbocycles. The van der Waals surface area contributed by atoms with Crippen LogP contribution in [0.4, 0.5) is 0 Å². The number of hydrogen-bond donors (Lipinski definition) is 0. The fourth-order valence-corrected chi connectivity index (χ4v) is 1.75. The monoisotopic (exact) mass is 300 g/mol. The van der Waals surface area contributed by atoms with Crippen molar-refractivity contribution in [2.45, 2.75) is 85.2 Å². The molecule has 1 atom stereocenters. The third kappa shape index (κ3) is 12.4. The Morgan fingerprint density at radius 3 is 2.05 bits per heavy atom. The van der Waals surface area contributed by atoms with Gasteiger partial charge in [0.1, 0.15) is 6.10 Å². The minimum absolute atomic E-state index is 0.104. The molecule has 0 saturated carbocycles. The first-order valence-corrected chi connectivity index (χ1v) is 8.32. The highest BCUT2D eigenvalue weighted by Crippen LogP contribution is 2.08. The molecule has 0 radical (unpaired) electrons. The van der Waals surface area contributed by atoms with Gasteiger partial charge in [0.2, 0.25) is 0 Å². The minimum atomic E-state index is -0.326. The number of hydrogen-bond acceptors (Lipinski definition) is 4. The predicted octanol–water partition coefficient (Wildman–Crippen LogP) is 4.26. The molecule has 0 heterocycles. The van der Waals surface area contributed by atoms with Gasteiger partial charge in [0.25, 0.3) is 0 Å². The summed E-state index contributed by atoms with van der Waals surface area (Å²) in [7, 11) is 0. The zero-order valence-electron chi connectivity index (χ0n) is 14.2. The van der Waals surface area contributed by atoms with Crippen LogP contribution in [0, 0.1) is 5.92 Å². The molecule has 0 fully saturated rings. The molecule has 0 N–H and O–H groups in total. The Morgan fingerprint density at radius 1 is 0.857 bits per heavy atom. The van der Waals surface area contributed by atoms with E-state index in [1.165, 1.54) is 25.7 Å². The first-order valence-electron chi connectivity index (χ1n) is 8.32. The van der Waals surface area contributed by atoms with Gasteiger partial charge < -0.3 is 9.47 Å². The second kappa shape index (κ2) is 12.7. The van der Waals surface area contributed by atoms with E-state index in [-0.39, 0.29) is 36.8 Å². The molecule has 0 aliphatic rings. The number of ether oxygens (including phenoxy) is 2.